The third-order valence-electron chi connectivity index (χ3n) is 2.82. The van der Waals surface area contributed by atoms with E-state index in [9.17, 15) is 9.59 Å². The van der Waals surface area contributed by atoms with Crippen molar-refractivity contribution in [3.05, 3.63) is 23.8 Å². The number of hydrogen-bond acceptors (Lipinski definition) is 2. The van der Waals surface area contributed by atoms with Gasteiger partial charge < -0.3 is 10.6 Å². The minimum Gasteiger partial charge on any atom is -0.324 e. The number of nitrogens with one attached hydrogen (secondary N) is 2. The zero-order chi connectivity index (χ0) is 13.1. The lowest BCUT2D eigenvalue weighted by Crippen LogP contribution is -2.16. The highest BCUT2D eigenvalue weighted by Gasteiger charge is 2.19. The maximum atomic E-state index is 11.5. The summed E-state index contributed by atoms with van der Waals surface area (Å²) in [6, 6.07) is 5.48. The van der Waals surface area contributed by atoms with E-state index in [0.29, 0.717) is 11.4 Å². The molecular formula is C13H15ClN2O2. The van der Waals surface area contributed by atoms with Gasteiger partial charge in [-0.15, -0.1) is 11.6 Å². The van der Waals surface area contributed by atoms with E-state index >= 15 is 0 Å². The second-order valence-corrected chi connectivity index (χ2v) is 4.86. The molecule has 0 aromatic heterocycles. The molecule has 2 rings (SSSR count). The summed E-state index contributed by atoms with van der Waals surface area (Å²) in [7, 11) is 0. The number of rotatable bonds is 3. The number of carbonyl (C=O) groups excluding carboxylic acids is 2. The van der Waals surface area contributed by atoms with Gasteiger partial charge in [-0.25, -0.2) is 0 Å². The van der Waals surface area contributed by atoms with Crippen LogP contribution in [-0.4, -0.2) is 11.8 Å². The smallest absolute Gasteiger partial charge is 0.233 e. The molecule has 0 aliphatic carbocycles. The lowest BCUT2D eigenvalue weighted by atomic mass is 10.1. The third-order valence-corrected chi connectivity index (χ3v) is 3.29. The first-order valence-electron chi connectivity index (χ1n) is 5.98. The molecule has 4 nitrogen and oxygen atoms in total. The predicted octanol–water partition coefficient (Wildman–Crippen LogP) is 3.05. The minimum atomic E-state index is -0.301. The fraction of sp³-hybridized carbons (Fsp3) is 0.385. The molecular weight excluding hydrogens is 252 g/mol. The summed E-state index contributed by atoms with van der Waals surface area (Å²) in [4.78, 5) is 22.8. The van der Waals surface area contributed by atoms with E-state index in [0.717, 1.165) is 18.4 Å². The molecule has 0 saturated heterocycles. The Morgan fingerprint density at radius 2 is 1.89 bits per heavy atom. The van der Waals surface area contributed by atoms with Crippen LogP contribution >= 0.6 is 11.6 Å². The molecule has 1 unspecified atom stereocenters. The number of fused-ring (bicyclic) bond motifs is 1. The summed E-state index contributed by atoms with van der Waals surface area (Å²) in [5, 5.41) is 5.32. The molecule has 0 radical (unpaired) electrons. The van der Waals surface area contributed by atoms with Crippen LogP contribution in [0.15, 0.2) is 18.2 Å². The molecule has 2 N–H and O–H groups in total. The summed E-state index contributed by atoms with van der Waals surface area (Å²) in [5.41, 5.74) is 2.19. The van der Waals surface area contributed by atoms with Crippen LogP contribution in [0.5, 0.6) is 0 Å². The van der Waals surface area contributed by atoms with Crippen molar-refractivity contribution >= 4 is 34.8 Å². The number of halogens is 1. The van der Waals surface area contributed by atoms with Gasteiger partial charge in [-0.05, 0) is 24.1 Å². The van der Waals surface area contributed by atoms with Crippen molar-refractivity contribution in [3.8, 4) is 0 Å². The quantitative estimate of drug-likeness (QED) is 0.653. The number of hydrogen-bond donors (Lipinski definition) is 2. The molecule has 0 fully saturated rings. The molecule has 96 valence electrons. The van der Waals surface area contributed by atoms with Gasteiger partial charge >= 0.3 is 0 Å². The average Bonchev–Trinajstić information content (AvgIpc) is 2.44. The second-order valence-electron chi connectivity index (χ2n) is 4.33. The molecule has 5 heteroatoms. The normalized spacial score (nSPS) is 16.3. The van der Waals surface area contributed by atoms with Crippen LogP contribution in [0, 0.1) is 0 Å². The highest BCUT2D eigenvalue weighted by Crippen LogP contribution is 2.32. The van der Waals surface area contributed by atoms with Gasteiger partial charge in [-0.2, -0.15) is 0 Å². The van der Waals surface area contributed by atoms with Crippen molar-refractivity contribution < 1.29 is 9.59 Å². The van der Waals surface area contributed by atoms with Gasteiger partial charge in [0.1, 0.15) is 6.42 Å². The molecule has 1 aromatic carbocycles. The Hall–Kier alpha value is -1.55. The van der Waals surface area contributed by atoms with Crippen LogP contribution in [0.1, 0.15) is 37.1 Å². The molecule has 18 heavy (non-hydrogen) atoms. The highest BCUT2D eigenvalue weighted by atomic mass is 35.5. The topological polar surface area (TPSA) is 58.2 Å². The molecule has 1 aliphatic heterocycles. The summed E-state index contributed by atoms with van der Waals surface area (Å²) in [6.45, 7) is 2.07. The van der Waals surface area contributed by atoms with E-state index in [-0.39, 0.29) is 23.6 Å². The van der Waals surface area contributed by atoms with Gasteiger partial charge in [-0.1, -0.05) is 19.4 Å². The summed E-state index contributed by atoms with van der Waals surface area (Å²) >= 11 is 6.25. The molecule has 2 amide bonds. The molecule has 1 heterocycles. The largest absolute Gasteiger partial charge is 0.324 e. The summed E-state index contributed by atoms with van der Waals surface area (Å²) in [5.74, 6) is -0.597. The van der Waals surface area contributed by atoms with E-state index in [1.807, 2.05) is 12.1 Å². The van der Waals surface area contributed by atoms with Gasteiger partial charge in [0.25, 0.3) is 0 Å². The first-order valence-corrected chi connectivity index (χ1v) is 6.41. The van der Waals surface area contributed by atoms with Gasteiger partial charge in [0.05, 0.1) is 16.8 Å². The van der Waals surface area contributed by atoms with E-state index in [2.05, 4.69) is 17.6 Å². The number of alkyl halides is 1. The molecule has 1 atom stereocenters. The number of carbonyl (C=O) groups is 2. The monoisotopic (exact) mass is 266 g/mol. The Balaban J connectivity index is 2.31. The van der Waals surface area contributed by atoms with Crippen LogP contribution in [0.2, 0.25) is 0 Å². The van der Waals surface area contributed by atoms with Crippen molar-refractivity contribution in [1.82, 2.24) is 0 Å². The molecule has 0 spiro atoms. The number of amides is 2. The van der Waals surface area contributed by atoms with Gasteiger partial charge in [-0.3, -0.25) is 9.59 Å². The Morgan fingerprint density at radius 3 is 2.56 bits per heavy atom. The standard InChI is InChI=1S/C13H15ClN2O2/c1-2-3-9(14)8-4-5-10-11(6-8)16-13(18)7-12(17)15-10/h4-6,9H,2-3,7H2,1H3,(H,15,17)(H,16,18). The van der Waals surface area contributed by atoms with Crippen LogP contribution in [0.4, 0.5) is 11.4 Å². The molecule has 0 bridgehead atoms. The third kappa shape index (κ3) is 2.82. The fourth-order valence-electron chi connectivity index (χ4n) is 1.92. The number of benzene rings is 1. The molecule has 1 aliphatic rings. The van der Waals surface area contributed by atoms with E-state index in [1.165, 1.54) is 0 Å². The minimum absolute atomic E-state index is 0.0730. The Morgan fingerprint density at radius 1 is 1.22 bits per heavy atom. The van der Waals surface area contributed by atoms with E-state index < -0.39 is 0 Å². The van der Waals surface area contributed by atoms with Crippen LogP contribution in [0.25, 0.3) is 0 Å². The molecule has 1 aromatic rings. The SMILES string of the molecule is CCCC(Cl)c1ccc2c(c1)NC(=O)CC(=O)N2. The zero-order valence-electron chi connectivity index (χ0n) is 10.1. The average molecular weight is 267 g/mol. The lowest BCUT2D eigenvalue weighted by Gasteiger charge is -2.13. The maximum Gasteiger partial charge on any atom is 0.233 e. The molecule has 0 saturated carbocycles. The van der Waals surface area contributed by atoms with Gasteiger partial charge in [0.15, 0.2) is 0 Å². The Kier molecular flexibility index (Phi) is 3.87. The maximum absolute atomic E-state index is 11.5. The second kappa shape index (κ2) is 5.40. The summed E-state index contributed by atoms with van der Waals surface area (Å²) in [6.07, 6.45) is 1.72. The van der Waals surface area contributed by atoms with Crippen molar-refractivity contribution in [2.75, 3.05) is 10.6 Å². The zero-order valence-corrected chi connectivity index (χ0v) is 10.9. The first kappa shape index (κ1) is 12.9. The van der Waals surface area contributed by atoms with Crippen molar-refractivity contribution in [2.24, 2.45) is 0 Å². The van der Waals surface area contributed by atoms with E-state index in [1.54, 1.807) is 6.07 Å². The van der Waals surface area contributed by atoms with Crippen LogP contribution in [0.3, 0.4) is 0 Å². The first-order chi connectivity index (χ1) is 8.60. The fourth-order valence-corrected chi connectivity index (χ4v) is 2.28. The van der Waals surface area contributed by atoms with Crippen molar-refractivity contribution in [3.63, 3.8) is 0 Å². The Labute approximate surface area is 111 Å². The van der Waals surface area contributed by atoms with Crippen LogP contribution in [-0.2, 0) is 9.59 Å². The number of anilines is 2. The van der Waals surface area contributed by atoms with Crippen LogP contribution < -0.4 is 10.6 Å². The van der Waals surface area contributed by atoms with Crippen molar-refractivity contribution in [2.45, 2.75) is 31.6 Å². The lowest BCUT2D eigenvalue weighted by molar-refractivity contribution is -0.123. The van der Waals surface area contributed by atoms with Gasteiger partial charge in [0, 0.05) is 0 Å². The van der Waals surface area contributed by atoms with E-state index in [4.69, 9.17) is 11.6 Å². The predicted molar refractivity (Wildman–Crippen MR) is 71.8 cm³/mol. The van der Waals surface area contributed by atoms with Crippen molar-refractivity contribution in [1.29, 1.82) is 0 Å². The highest BCUT2D eigenvalue weighted by molar-refractivity contribution is 6.21. The summed E-state index contributed by atoms with van der Waals surface area (Å²) < 4.78 is 0. The van der Waals surface area contributed by atoms with Gasteiger partial charge in [0.2, 0.25) is 11.8 Å². The Bertz CT molecular complexity index is 488.